The Morgan fingerprint density at radius 3 is 2.81 bits per heavy atom. The van der Waals surface area contributed by atoms with E-state index in [9.17, 15) is 9.59 Å². The molecule has 2 heterocycles. The topological polar surface area (TPSA) is 71.1 Å². The first-order valence-electron chi connectivity index (χ1n) is 9.79. The van der Waals surface area contributed by atoms with Gasteiger partial charge in [-0.3, -0.25) is 14.9 Å². The molecular weight excluding hydrogens is 426 g/mol. The van der Waals surface area contributed by atoms with Crippen molar-refractivity contribution in [2.75, 3.05) is 11.1 Å². The summed E-state index contributed by atoms with van der Waals surface area (Å²) >= 11 is 3.17. The number of hydrogen-bond donors (Lipinski definition) is 2. The zero-order valence-electron chi connectivity index (χ0n) is 16.7. The van der Waals surface area contributed by atoms with Crippen LogP contribution in [0.4, 0.5) is 5.82 Å². The summed E-state index contributed by atoms with van der Waals surface area (Å²) < 4.78 is 1.26. The molecule has 0 aliphatic carbocycles. The number of hydrogen-bond acceptors (Lipinski definition) is 6. The van der Waals surface area contributed by atoms with Crippen LogP contribution in [-0.2, 0) is 11.3 Å². The van der Waals surface area contributed by atoms with Crippen molar-refractivity contribution in [1.29, 1.82) is 0 Å². The van der Waals surface area contributed by atoms with Crippen LogP contribution in [0.3, 0.4) is 0 Å². The largest absolute Gasteiger partial charge is 0.310 e. The van der Waals surface area contributed by atoms with Crippen molar-refractivity contribution in [1.82, 2.24) is 10.3 Å². The third-order valence-electron chi connectivity index (χ3n) is 4.73. The molecule has 1 amide bonds. The Balaban J connectivity index is 1.47. The van der Waals surface area contributed by atoms with Crippen LogP contribution in [0.5, 0.6) is 0 Å². The van der Waals surface area contributed by atoms with Gasteiger partial charge in [0.05, 0.1) is 11.1 Å². The van der Waals surface area contributed by atoms with E-state index in [-0.39, 0.29) is 17.0 Å². The van der Waals surface area contributed by atoms with Gasteiger partial charge in [-0.05, 0) is 52.2 Å². The molecule has 4 rings (SSSR count). The molecular formula is C24H21N3O2S2. The fourth-order valence-electron chi connectivity index (χ4n) is 3.23. The summed E-state index contributed by atoms with van der Waals surface area (Å²) in [6.07, 6.45) is 2.49. The van der Waals surface area contributed by atoms with Gasteiger partial charge < -0.3 is 5.32 Å². The van der Waals surface area contributed by atoms with E-state index in [1.54, 1.807) is 35.7 Å². The molecule has 0 aliphatic rings. The maximum atomic E-state index is 12.4. The number of nitrogens with zero attached hydrogens (tertiary/aromatic N) is 1. The average Bonchev–Trinajstić information content (AvgIpc) is 3.28. The van der Waals surface area contributed by atoms with Crippen LogP contribution < -0.4 is 10.6 Å². The van der Waals surface area contributed by atoms with E-state index in [4.69, 9.17) is 0 Å². The Hall–Kier alpha value is -3.00. The van der Waals surface area contributed by atoms with E-state index in [2.05, 4.69) is 45.3 Å². The second-order valence-electron chi connectivity index (χ2n) is 6.87. The number of carbonyl (C=O) groups excluding carboxylic acids is 2. The molecule has 4 aromatic rings. The number of pyridine rings is 1. The summed E-state index contributed by atoms with van der Waals surface area (Å²) in [5.41, 5.74) is 2.63. The first-order valence-corrected chi connectivity index (χ1v) is 11.7. The fraction of sp³-hybridized carbons (Fsp3) is 0.125. The predicted molar refractivity (Wildman–Crippen MR) is 129 cm³/mol. The smallest absolute Gasteiger partial charge is 0.235 e. The van der Waals surface area contributed by atoms with Gasteiger partial charge in [-0.15, -0.1) is 23.1 Å². The maximum Gasteiger partial charge on any atom is 0.235 e. The second kappa shape index (κ2) is 10.3. The molecule has 0 bridgehead atoms. The minimum Gasteiger partial charge on any atom is -0.310 e. The predicted octanol–water partition coefficient (Wildman–Crippen LogP) is 5.27. The molecule has 0 radical (unpaired) electrons. The quantitative estimate of drug-likeness (QED) is 0.270. The van der Waals surface area contributed by atoms with Crippen LogP contribution in [0.2, 0.25) is 0 Å². The Morgan fingerprint density at radius 2 is 1.97 bits per heavy atom. The van der Waals surface area contributed by atoms with Crippen LogP contribution in [0.15, 0.2) is 78.3 Å². The Morgan fingerprint density at radius 1 is 1.10 bits per heavy atom. The highest BCUT2D eigenvalue weighted by Crippen LogP contribution is 2.29. The lowest BCUT2D eigenvalue weighted by Crippen LogP contribution is -2.23. The van der Waals surface area contributed by atoms with Crippen LogP contribution in [0, 0.1) is 0 Å². The lowest BCUT2D eigenvalue weighted by molar-refractivity contribution is -0.113. The van der Waals surface area contributed by atoms with Crippen molar-refractivity contribution in [3.05, 3.63) is 95.0 Å². The van der Waals surface area contributed by atoms with E-state index >= 15 is 0 Å². The summed E-state index contributed by atoms with van der Waals surface area (Å²) in [6, 6.07) is 21.3. The van der Waals surface area contributed by atoms with Crippen LogP contribution in [0.25, 0.3) is 10.1 Å². The van der Waals surface area contributed by atoms with Gasteiger partial charge >= 0.3 is 0 Å². The standard InChI is InChI=1S/C24H21N3O2S2/c28-15-19-5-1-2-6-20(19)24(31-16-23(29)27-22-7-3-4-11-25-22)26-14-17-8-9-21-18(13-17)10-12-30-21/h1-13,15,24,26H,14,16H2,(H,25,27,29). The zero-order chi connectivity index (χ0) is 21.5. The number of nitrogens with one attached hydrogen (secondary N) is 2. The number of thioether (sulfide) groups is 1. The Labute approximate surface area is 188 Å². The third kappa shape index (κ3) is 5.58. The summed E-state index contributed by atoms with van der Waals surface area (Å²) in [4.78, 5) is 28.1. The summed E-state index contributed by atoms with van der Waals surface area (Å²) in [6.45, 7) is 0.624. The molecule has 2 aromatic carbocycles. The molecule has 7 heteroatoms. The van der Waals surface area contributed by atoms with Crippen LogP contribution in [0.1, 0.15) is 26.9 Å². The molecule has 156 valence electrons. The van der Waals surface area contributed by atoms with E-state index < -0.39 is 0 Å². The highest BCUT2D eigenvalue weighted by Gasteiger charge is 2.17. The van der Waals surface area contributed by atoms with E-state index in [1.165, 1.54) is 21.8 Å². The number of rotatable bonds is 9. The second-order valence-corrected chi connectivity index (χ2v) is 8.92. The number of fused-ring (bicyclic) bond motifs is 1. The molecule has 0 aliphatic heterocycles. The molecule has 0 saturated heterocycles. The molecule has 2 N–H and O–H groups in total. The first kappa shape index (κ1) is 21.2. The molecule has 5 nitrogen and oxygen atoms in total. The number of benzene rings is 2. The lowest BCUT2D eigenvalue weighted by atomic mass is 10.1. The Bertz CT molecular complexity index is 1180. The van der Waals surface area contributed by atoms with Crippen molar-refractivity contribution >= 4 is 51.2 Å². The number of thiophene rings is 1. The lowest BCUT2D eigenvalue weighted by Gasteiger charge is -2.20. The van der Waals surface area contributed by atoms with Gasteiger partial charge in [-0.25, -0.2) is 4.98 Å². The first-order chi connectivity index (χ1) is 15.2. The molecule has 1 unspecified atom stereocenters. The van der Waals surface area contributed by atoms with Crippen LogP contribution >= 0.6 is 23.1 Å². The van der Waals surface area contributed by atoms with Crippen molar-refractivity contribution in [3.8, 4) is 0 Å². The number of aldehydes is 1. The molecule has 1 atom stereocenters. The van der Waals surface area contributed by atoms with Gasteiger partial charge in [0.25, 0.3) is 0 Å². The zero-order valence-corrected chi connectivity index (χ0v) is 18.3. The maximum absolute atomic E-state index is 12.4. The highest BCUT2D eigenvalue weighted by atomic mass is 32.2. The van der Waals surface area contributed by atoms with Gasteiger partial charge in [-0.2, -0.15) is 0 Å². The normalized spacial score (nSPS) is 11.9. The van der Waals surface area contributed by atoms with Crippen molar-refractivity contribution in [2.45, 2.75) is 11.9 Å². The van der Waals surface area contributed by atoms with E-state index in [1.807, 2.05) is 24.3 Å². The van der Waals surface area contributed by atoms with Gasteiger partial charge in [0.15, 0.2) is 0 Å². The number of amides is 1. The minimum absolute atomic E-state index is 0.140. The van der Waals surface area contributed by atoms with Crippen molar-refractivity contribution < 1.29 is 9.59 Å². The van der Waals surface area contributed by atoms with Gasteiger partial charge in [0.2, 0.25) is 5.91 Å². The SMILES string of the molecule is O=Cc1ccccc1C(NCc1ccc2sccc2c1)SCC(=O)Nc1ccccn1. The fourth-order valence-corrected chi connectivity index (χ4v) is 4.98. The van der Waals surface area contributed by atoms with Crippen LogP contribution in [-0.4, -0.2) is 22.9 Å². The van der Waals surface area contributed by atoms with Gasteiger partial charge in [-0.1, -0.05) is 36.4 Å². The molecule has 0 fully saturated rings. The molecule has 31 heavy (non-hydrogen) atoms. The van der Waals surface area contributed by atoms with Crippen molar-refractivity contribution in [3.63, 3.8) is 0 Å². The number of aromatic nitrogens is 1. The molecule has 0 spiro atoms. The van der Waals surface area contributed by atoms with E-state index in [0.717, 1.165) is 17.4 Å². The van der Waals surface area contributed by atoms with E-state index in [0.29, 0.717) is 17.9 Å². The number of carbonyl (C=O) groups is 2. The summed E-state index contributed by atoms with van der Waals surface area (Å²) in [7, 11) is 0. The van der Waals surface area contributed by atoms with Gasteiger partial charge in [0, 0.05) is 23.0 Å². The average molecular weight is 448 g/mol. The molecule has 2 aromatic heterocycles. The van der Waals surface area contributed by atoms with Crippen molar-refractivity contribution in [2.24, 2.45) is 0 Å². The minimum atomic E-state index is -0.214. The number of anilines is 1. The monoisotopic (exact) mass is 447 g/mol. The molecule has 0 saturated carbocycles. The summed E-state index contributed by atoms with van der Waals surface area (Å²) in [5.74, 6) is 0.610. The third-order valence-corrected chi connectivity index (χ3v) is 6.81. The summed E-state index contributed by atoms with van der Waals surface area (Å²) in [5, 5.41) is 9.41. The van der Waals surface area contributed by atoms with Gasteiger partial charge in [0.1, 0.15) is 12.1 Å². The Kier molecular flexibility index (Phi) is 7.09. The highest BCUT2D eigenvalue weighted by molar-refractivity contribution is 8.00.